The Morgan fingerprint density at radius 3 is 2.24 bits per heavy atom. The molecule has 0 fully saturated rings. The average molecular weight is 230 g/mol. The molecule has 0 amide bonds. The number of allylic oxidation sites excluding steroid dienone is 2. The van der Waals surface area contributed by atoms with Gasteiger partial charge in [0, 0.05) is 6.08 Å². The van der Waals surface area contributed by atoms with Crippen LogP contribution in [0.15, 0.2) is 61.4 Å². The van der Waals surface area contributed by atoms with E-state index < -0.39 is 5.97 Å². The first-order valence-electron chi connectivity index (χ1n) is 5.36. The minimum atomic E-state index is -0.418. The second-order valence-electron chi connectivity index (χ2n) is 3.01. The van der Waals surface area contributed by atoms with Gasteiger partial charge in [0.1, 0.15) is 0 Å². The van der Waals surface area contributed by atoms with Gasteiger partial charge in [-0.2, -0.15) is 0 Å². The maximum absolute atomic E-state index is 10.8. The van der Waals surface area contributed by atoms with Crippen LogP contribution >= 0.6 is 0 Å². The molecule has 0 radical (unpaired) electrons. The Balaban J connectivity index is 0.000000557. The van der Waals surface area contributed by atoms with Crippen LogP contribution in [0.4, 0.5) is 0 Å². The molecule has 1 aromatic rings. The molecule has 0 heterocycles. The first-order chi connectivity index (χ1) is 8.24. The number of hydrogen-bond donors (Lipinski definition) is 0. The molecule has 2 heteroatoms. The molecule has 0 unspecified atom stereocenters. The molecule has 1 aromatic carbocycles. The number of carbonyl (C=O) groups excluding carboxylic acids is 1. The van der Waals surface area contributed by atoms with Crippen molar-refractivity contribution in [3.63, 3.8) is 0 Å². The van der Waals surface area contributed by atoms with Crippen LogP contribution in [-0.4, -0.2) is 5.97 Å². The summed E-state index contributed by atoms with van der Waals surface area (Å²) in [5, 5.41) is 0. The highest BCUT2D eigenvalue weighted by molar-refractivity contribution is 5.87. The van der Waals surface area contributed by atoms with E-state index in [0.29, 0.717) is 0 Å². The summed E-state index contributed by atoms with van der Waals surface area (Å²) in [6, 6.07) is 9.52. The van der Waals surface area contributed by atoms with Crippen molar-refractivity contribution in [2.45, 2.75) is 13.8 Å². The van der Waals surface area contributed by atoms with Gasteiger partial charge in [-0.25, -0.2) is 4.79 Å². The summed E-state index contributed by atoms with van der Waals surface area (Å²) in [4.78, 5) is 10.8. The van der Waals surface area contributed by atoms with Gasteiger partial charge in [-0.1, -0.05) is 49.1 Å². The van der Waals surface area contributed by atoms with E-state index in [2.05, 4.69) is 11.3 Å². The quantitative estimate of drug-likeness (QED) is 0.340. The molecule has 90 valence electrons. The molecular weight excluding hydrogens is 212 g/mol. The Labute approximate surface area is 103 Å². The van der Waals surface area contributed by atoms with Crippen molar-refractivity contribution in [2.24, 2.45) is 0 Å². The van der Waals surface area contributed by atoms with Crippen LogP contribution in [0.5, 0.6) is 0 Å². The van der Waals surface area contributed by atoms with Crippen molar-refractivity contribution in [3.8, 4) is 0 Å². The van der Waals surface area contributed by atoms with Crippen molar-refractivity contribution in [3.05, 3.63) is 67.0 Å². The molecule has 0 aromatic heterocycles. The summed E-state index contributed by atoms with van der Waals surface area (Å²) in [5.41, 5.74) is 0.962. The Morgan fingerprint density at radius 1 is 1.18 bits per heavy atom. The second kappa shape index (κ2) is 10.4. The first-order valence-corrected chi connectivity index (χ1v) is 5.36. The van der Waals surface area contributed by atoms with E-state index in [-0.39, 0.29) is 0 Å². The predicted molar refractivity (Wildman–Crippen MR) is 72.3 cm³/mol. The largest absolute Gasteiger partial charge is 0.432 e. The topological polar surface area (TPSA) is 26.3 Å². The molecule has 0 saturated heterocycles. The smallest absolute Gasteiger partial charge is 0.335 e. The molecule has 0 spiro atoms. The van der Waals surface area contributed by atoms with Crippen LogP contribution in [0.3, 0.4) is 0 Å². The normalized spacial score (nSPS) is 9.76. The van der Waals surface area contributed by atoms with Crippen molar-refractivity contribution in [2.75, 3.05) is 0 Å². The van der Waals surface area contributed by atoms with E-state index in [1.807, 2.05) is 56.3 Å². The lowest BCUT2D eigenvalue weighted by Gasteiger charge is -1.91. The first kappa shape index (κ1) is 14.9. The van der Waals surface area contributed by atoms with Crippen molar-refractivity contribution < 1.29 is 9.53 Å². The summed E-state index contributed by atoms with van der Waals surface area (Å²) < 4.78 is 4.50. The molecule has 1 rings (SSSR count). The third-order valence-corrected chi connectivity index (χ3v) is 1.74. The van der Waals surface area contributed by atoms with Gasteiger partial charge in [0.25, 0.3) is 0 Å². The highest BCUT2D eigenvalue weighted by Gasteiger charge is 1.91. The molecule has 0 atom stereocenters. The molecule has 0 aliphatic carbocycles. The number of ether oxygens (including phenoxy) is 1. The lowest BCUT2D eigenvalue weighted by atomic mass is 10.2. The molecular formula is C15H18O2. The standard InChI is InChI=1S/C11H10O2.C4H8/c1-2-13-11(12)9-8-10-6-4-3-5-7-10;1-3-4-2/h2-9H,1H2;3-4H,1-2H3. The minimum absolute atomic E-state index is 0.418. The molecule has 17 heavy (non-hydrogen) atoms. The fourth-order valence-corrected chi connectivity index (χ4v) is 0.850. The third-order valence-electron chi connectivity index (χ3n) is 1.74. The molecule has 2 nitrogen and oxygen atoms in total. The van der Waals surface area contributed by atoms with Crippen molar-refractivity contribution in [1.29, 1.82) is 0 Å². The zero-order valence-corrected chi connectivity index (χ0v) is 10.3. The number of hydrogen-bond acceptors (Lipinski definition) is 2. The van der Waals surface area contributed by atoms with Gasteiger partial charge in [0.15, 0.2) is 0 Å². The monoisotopic (exact) mass is 230 g/mol. The fourth-order valence-electron chi connectivity index (χ4n) is 0.850. The summed E-state index contributed by atoms with van der Waals surface area (Å²) in [5.74, 6) is -0.418. The van der Waals surface area contributed by atoms with E-state index >= 15 is 0 Å². The highest BCUT2D eigenvalue weighted by atomic mass is 16.5. The second-order valence-corrected chi connectivity index (χ2v) is 3.01. The Morgan fingerprint density at radius 2 is 1.76 bits per heavy atom. The SMILES string of the molecule is C=COC(=O)C=Cc1ccccc1.CC=CC. The summed E-state index contributed by atoms with van der Waals surface area (Å²) in [6.45, 7) is 7.28. The minimum Gasteiger partial charge on any atom is -0.432 e. The van der Waals surface area contributed by atoms with Gasteiger partial charge in [-0.05, 0) is 25.5 Å². The lowest BCUT2D eigenvalue weighted by molar-refractivity contribution is -0.132. The average Bonchev–Trinajstić information content (AvgIpc) is 2.38. The van der Waals surface area contributed by atoms with Crippen molar-refractivity contribution in [1.82, 2.24) is 0 Å². The van der Waals surface area contributed by atoms with E-state index in [1.165, 1.54) is 6.08 Å². The Kier molecular flexibility index (Phi) is 9.15. The van der Waals surface area contributed by atoms with Gasteiger partial charge >= 0.3 is 5.97 Å². The number of benzene rings is 1. The molecule has 0 aliphatic rings. The summed E-state index contributed by atoms with van der Waals surface area (Å²) in [6.07, 6.45) is 8.15. The number of carbonyl (C=O) groups is 1. The van der Waals surface area contributed by atoms with Crippen molar-refractivity contribution >= 4 is 12.0 Å². The third kappa shape index (κ3) is 8.88. The van der Waals surface area contributed by atoms with Crippen LogP contribution in [0.2, 0.25) is 0 Å². The van der Waals surface area contributed by atoms with Gasteiger partial charge in [-0.3, -0.25) is 0 Å². The Bertz CT molecular complexity index is 371. The fraction of sp³-hybridized carbons (Fsp3) is 0.133. The van der Waals surface area contributed by atoms with E-state index in [9.17, 15) is 4.79 Å². The Hall–Kier alpha value is -2.09. The maximum Gasteiger partial charge on any atom is 0.335 e. The van der Waals surface area contributed by atoms with Crippen LogP contribution in [0.25, 0.3) is 6.08 Å². The summed E-state index contributed by atoms with van der Waals surface area (Å²) >= 11 is 0. The zero-order chi connectivity index (χ0) is 12.9. The van der Waals surface area contributed by atoms with E-state index in [0.717, 1.165) is 11.8 Å². The number of rotatable bonds is 3. The van der Waals surface area contributed by atoms with Crippen LogP contribution < -0.4 is 0 Å². The summed E-state index contributed by atoms with van der Waals surface area (Å²) in [7, 11) is 0. The van der Waals surface area contributed by atoms with Crippen LogP contribution in [-0.2, 0) is 9.53 Å². The van der Waals surface area contributed by atoms with Crippen LogP contribution in [0.1, 0.15) is 19.4 Å². The lowest BCUT2D eigenvalue weighted by Crippen LogP contribution is -1.92. The highest BCUT2D eigenvalue weighted by Crippen LogP contribution is 2.00. The zero-order valence-electron chi connectivity index (χ0n) is 10.3. The van der Waals surface area contributed by atoms with Gasteiger partial charge in [0.05, 0.1) is 6.26 Å². The molecule has 0 N–H and O–H groups in total. The molecule has 0 bridgehead atoms. The molecule has 0 saturated carbocycles. The number of esters is 1. The predicted octanol–water partition coefficient (Wildman–Crippen LogP) is 3.97. The van der Waals surface area contributed by atoms with Crippen LogP contribution in [0, 0.1) is 0 Å². The van der Waals surface area contributed by atoms with Gasteiger partial charge in [0.2, 0.25) is 0 Å². The van der Waals surface area contributed by atoms with Gasteiger partial charge < -0.3 is 4.74 Å². The van der Waals surface area contributed by atoms with E-state index in [1.54, 1.807) is 6.08 Å². The van der Waals surface area contributed by atoms with Gasteiger partial charge in [-0.15, -0.1) is 0 Å². The van der Waals surface area contributed by atoms with E-state index in [4.69, 9.17) is 0 Å². The molecule has 0 aliphatic heterocycles. The maximum atomic E-state index is 10.8.